The second kappa shape index (κ2) is 7.51. The summed E-state index contributed by atoms with van der Waals surface area (Å²) in [6.07, 6.45) is 7.29. The van der Waals surface area contributed by atoms with Gasteiger partial charge < -0.3 is 9.90 Å². The lowest BCUT2D eigenvalue weighted by molar-refractivity contribution is -0.115. The standard InChI is InChI=1S/C12H20O2/c1-4-6-7-8-10(3)12(14)11(5-2)9-13/h4,6-7,9-12,14H,1,5,8H2,2-3H3/b7-6+/t10-,11-,12-/m1/s1. The van der Waals surface area contributed by atoms with E-state index in [-0.39, 0.29) is 11.8 Å². The Morgan fingerprint density at radius 3 is 2.57 bits per heavy atom. The molecule has 0 fully saturated rings. The van der Waals surface area contributed by atoms with Crippen LogP contribution >= 0.6 is 0 Å². The van der Waals surface area contributed by atoms with E-state index < -0.39 is 6.10 Å². The third-order valence-electron chi connectivity index (χ3n) is 2.45. The van der Waals surface area contributed by atoms with Gasteiger partial charge in [-0.25, -0.2) is 0 Å². The first-order valence-corrected chi connectivity index (χ1v) is 5.08. The molecule has 0 amide bonds. The van der Waals surface area contributed by atoms with E-state index in [9.17, 15) is 9.90 Å². The van der Waals surface area contributed by atoms with Gasteiger partial charge in [-0.1, -0.05) is 38.7 Å². The van der Waals surface area contributed by atoms with Crippen LogP contribution in [0.4, 0.5) is 0 Å². The first kappa shape index (κ1) is 13.1. The molecule has 0 bridgehead atoms. The Labute approximate surface area is 86.3 Å². The van der Waals surface area contributed by atoms with Crippen molar-refractivity contribution >= 4 is 6.29 Å². The van der Waals surface area contributed by atoms with Crippen molar-refractivity contribution in [2.75, 3.05) is 0 Å². The molecule has 0 aromatic carbocycles. The highest BCUT2D eigenvalue weighted by Gasteiger charge is 2.21. The minimum Gasteiger partial charge on any atom is -0.392 e. The fraction of sp³-hybridized carbons (Fsp3) is 0.583. The monoisotopic (exact) mass is 196 g/mol. The molecule has 0 radical (unpaired) electrons. The van der Waals surface area contributed by atoms with E-state index in [0.717, 1.165) is 12.7 Å². The summed E-state index contributed by atoms with van der Waals surface area (Å²) in [5.41, 5.74) is 0. The molecule has 0 aliphatic carbocycles. The molecule has 3 atom stereocenters. The second-order valence-electron chi connectivity index (χ2n) is 3.58. The van der Waals surface area contributed by atoms with E-state index in [1.165, 1.54) is 0 Å². The van der Waals surface area contributed by atoms with Gasteiger partial charge in [-0.3, -0.25) is 0 Å². The number of aliphatic hydroxyl groups excluding tert-OH is 1. The maximum atomic E-state index is 10.6. The molecule has 0 heterocycles. The van der Waals surface area contributed by atoms with Crippen LogP contribution in [0, 0.1) is 11.8 Å². The molecule has 0 saturated carbocycles. The summed E-state index contributed by atoms with van der Waals surface area (Å²) in [5.74, 6) is -0.122. The summed E-state index contributed by atoms with van der Waals surface area (Å²) in [6, 6.07) is 0. The smallest absolute Gasteiger partial charge is 0.125 e. The van der Waals surface area contributed by atoms with Crippen LogP contribution in [-0.4, -0.2) is 17.5 Å². The summed E-state index contributed by atoms with van der Waals surface area (Å²) < 4.78 is 0. The number of carbonyl (C=O) groups excluding carboxylic acids is 1. The van der Waals surface area contributed by atoms with Crippen LogP contribution in [0.15, 0.2) is 24.8 Å². The lowest BCUT2D eigenvalue weighted by atomic mass is 9.89. The lowest BCUT2D eigenvalue weighted by Gasteiger charge is -2.21. The van der Waals surface area contributed by atoms with Crippen LogP contribution < -0.4 is 0 Å². The highest BCUT2D eigenvalue weighted by Crippen LogP contribution is 2.17. The Bertz CT molecular complexity index is 196. The second-order valence-corrected chi connectivity index (χ2v) is 3.58. The van der Waals surface area contributed by atoms with Crippen molar-refractivity contribution in [3.05, 3.63) is 24.8 Å². The SMILES string of the molecule is C=C/C=C/C[C@@H](C)[C@@H](O)[C@@H](C=O)CC. The van der Waals surface area contributed by atoms with Crippen LogP contribution in [-0.2, 0) is 4.79 Å². The van der Waals surface area contributed by atoms with Gasteiger partial charge >= 0.3 is 0 Å². The minimum absolute atomic E-state index is 0.112. The zero-order valence-corrected chi connectivity index (χ0v) is 9.02. The number of hydrogen-bond donors (Lipinski definition) is 1. The number of rotatable bonds is 7. The van der Waals surface area contributed by atoms with E-state index >= 15 is 0 Å². The van der Waals surface area contributed by atoms with E-state index in [0.29, 0.717) is 6.42 Å². The van der Waals surface area contributed by atoms with Crippen LogP contribution in [0.25, 0.3) is 0 Å². The summed E-state index contributed by atoms with van der Waals surface area (Å²) in [6.45, 7) is 7.42. The van der Waals surface area contributed by atoms with Crippen molar-refractivity contribution in [1.29, 1.82) is 0 Å². The average molecular weight is 196 g/mol. The summed E-state index contributed by atoms with van der Waals surface area (Å²) in [4.78, 5) is 10.6. The van der Waals surface area contributed by atoms with Crippen molar-refractivity contribution in [2.45, 2.75) is 32.8 Å². The van der Waals surface area contributed by atoms with E-state index in [1.54, 1.807) is 6.08 Å². The van der Waals surface area contributed by atoms with Gasteiger partial charge in [-0.2, -0.15) is 0 Å². The molecule has 80 valence electrons. The third kappa shape index (κ3) is 4.38. The Kier molecular flexibility index (Phi) is 7.03. The van der Waals surface area contributed by atoms with Gasteiger partial charge in [0.1, 0.15) is 6.29 Å². The molecule has 14 heavy (non-hydrogen) atoms. The summed E-state index contributed by atoms with van der Waals surface area (Å²) >= 11 is 0. The fourth-order valence-electron chi connectivity index (χ4n) is 1.37. The molecule has 0 unspecified atom stereocenters. The number of allylic oxidation sites excluding steroid dienone is 3. The number of hydrogen-bond acceptors (Lipinski definition) is 2. The fourth-order valence-corrected chi connectivity index (χ4v) is 1.37. The van der Waals surface area contributed by atoms with Gasteiger partial charge in [0.25, 0.3) is 0 Å². The van der Waals surface area contributed by atoms with E-state index in [2.05, 4.69) is 6.58 Å². The molecular formula is C12H20O2. The molecule has 0 rings (SSSR count). The maximum absolute atomic E-state index is 10.6. The molecule has 2 nitrogen and oxygen atoms in total. The molecule has 0 aromatic rings. The third-order valence-corrected chi connectivity index (χ3v) is 2.45. The van der Waals surface area contributed by atoms with E-state index in [1.807, 2.05) is 26.0 Å². The lowest BCUT2D eigenvalue weighted by Crippen LogP contribution is -2.27. The predicted octanol–water partition coefficient (Wildman–Crippen LogP) is 2.34. The van der Waals surface area contributed by atoms with Crippen molar-refractivity contribution in [3.63, 3.8) is 0 Å². The molecule has 0 aliphatic rings. The van der Waals surface area contributed by atoms with Crippen molar-refractivity contribution in [3.8, 4) is 0 Å². The Balaban J connectivity index is 4.08. The van der Waals surface area contributed by atoms with Gasteiger partial charge in [0.05, 0.1) is 6.10 Å². The average Bonchev–Trinajstić information content (AvgIpc) is 2.19. The Morgan fingerprint density at radius 2 is 2.14 bits per heavy atom. The van der Waals surface area contributed by atoms with Crippen LogP contribution in [0.1, 0.15) is 26.7 Å². The van der Waals surface area contributed by atoms with Crippen LogP contribution in [0.3, 0.4) is 0 Å². The quantitative estimate of drug-likeness (QED) is 0.501. The zero-order valence-electron chi connectivity index (χ0n) is 9.02. The summed E-state index contributed by atoms with van der Waals surface area (Å²) in [7, 11) is 0. The minimum atomic E-state index is -0.535. The van der Waals surface area contributed by atoms with Gasteiger partial charge in [0.15, 0.2) is 0 Å². The Morgan fingerprint density at radius 1 is 1.50 bits per heavy atom. The molecule has 1 N–H and O–H groups in total. The van der Waals surface area contributed by atoms with Crippen molar-refractivity contribution in [2.24, 2.45) is 11.8 Å². The van der Waals surface area contributed by atoms with E-state index in [4.69, 9.17) is 0 Å². The first-order chi connectivity index (χ1) is 6.67. The molecule has 0 aliphatic heterocycles. The molecule has 0 spiro atoms. The number of aliphatic hydroxyl groups is 1. The van der Waals surface area contributed by atoms with Gasteiger partial charge in [-0.15, -0.1) is 0 Å². The zero-order chi connectivity index (χ0) is 11.0. The van der Waals surface area contributed by atoms with Gasteiger partial charge in [0, 0.05) is 5.92 Å². The summed E-state index contributed by atoms with van der Waals surface area (Å²) in [5, 5.41) is 9.79. The number of aldehydes is 1. The van der Waals surface area contributed by atoms with Crippen molar-refractivity contribution < 1.29 is 9.90 Å². The van der Waals surface area contributed by atoms with Gasteiger partial charge in [-0.05, 0) is 18.8 Å². The highest BCUT2D eigenvalue weighted by molar-refractivity contribution is 5.54. The predicted molar refractivity (Wildman–Crippen MR) is 59.0 cm³/mol. The molecule has 0 saturated heterocycles. The van der Waals surface area contributed by atoms with Crippen LogP contribution in [0.2, 0.25) is 0 Å². The first-order valence-electron chi connectivity index (χ1n) is 5.08. The largest absolute Gasteiger partial charge is 0.392 e. The highest BCUT2D eigenvalue weighted by atomic mass is 16.3. The normalized spacial score (nSPS) is 17.6. The number of carbonyl (C=O) groups is 1. The molecular weight excluding hydrogens is 176 g/mol. The van der Waals surface area contributed by atoms with Gasteiger partial charge in [0.2, 0.25) is 0 Å². The van der Waals surface area contributed by atoms with Crippen molar-refractivity contribution in [1.82, 2.24) is 0 Å². The molecule has 2 heteroatoms. The topological polar surface area (TPSA) is 37.3 Å². The van der Waals surface area contributed by atoms with Crippen LogP contribution in [0.5, 0.6) is 0 Å². The molecule has 0 aromatic heterocycles. The Hall–Kier alpha value is -0.890. The maximum Gasteiger partial charge on any atom is 0.125 e.